The van der Waals surface area contributed by atoms with Crippen molar-refractivity contribution in [2.45, 2.75) is 32.6 Å². The number of carbonyl (C=O) groups is 2. The number of rotatable bonds is 4. The molecule has 0 aliphatic carbocycles. The van der Waals surface area contributed by atoms with E-state index in [9.17, 15) is 9.59 Å². The van der Waals surface area contributed by atoms with Gasteiger partial charge in [0.05, 0.1) is 6.54 Å². The van der Waals surface area contributed by atoms with Gasteiger partial charge in [-0.15, -0.1) is 0 Å². The summed E-state index contributed by atoms with van der Waals surface area (Å²) in [5, 5.41) is 2.95. The Labute approximate surface area is 137 Å². The van der Waals surface area contributed by atoms with E-state index >= 15 is 0 Å². The summed E-state index contributed by atoms with van der Waals surface area (Å²) in [5.41, 5.74) is 1.70. The summed E-state index contributed by atoms with van der Waals surface area (Å²) in [5.74, 6) is 0.987. The van der Waals surface area contributed by atoms with Crippen LogP contribution in [0.4, 0.5) is 11.4 Å². The minimum absolute atomic E-state index is 0.0320. The van der Waals surface area contributed by atoms with Gasteiger partial charge in [0.1, 0.15) is 0 Å². The van der Waals surface area contributed by atoms with E-state index in [4.69, 9.17) is 0 Å². The summed E-state index contributed by atoms with van der Waals surface area (Å²) in [6.45, 7) is 5.52. The van der Waals surface area contributed by atoms with Crippen LogP contribution >= 0.6 is 0 Å². The van der Waals surface area contributed by atoms with Gasteiger partial charge in [-0.05, 0) is 62.5 Å². The summed E-state index contributed by atoms with van der Waals surface area (Å²) in [6.07, 6.45) is 3.90. The molecular weight excluding hydrogens is 290 g/mol. The lowest BCUT2D eigenvalue weighted by atomic mass is 9.99. The number of hydrogen-bond donors (Lipinski definition) is 1. The Morgan fingerprint density at radius 1 is 1.17 bits per heavy atom. The number of amides is 2. The third kappa shape index (κ3) is 4.10. The molecule has 2 aliphatic heterocycles. The number of likely N-dealkylation sites (tertiary alicyclic amines) is 1. The van der Waals surface area contributed by atoms with Crippen LogP contribution in [-0.4, -0.2) is 42.9 Å². The van der Waals surface area contributed by atoms with Crippen LogP contribution in [-0.2, 0) is 9.59 Å². The van der Waals surface area contributed by atoms with E-state index in [1.807, 2.05) is 24.3 Å². The van der Waals surface area contributed by atoms with Crippen LogP contribution in [0.15, 0.2) is 24.3 Å². The van der Waals surface area contributed by atoms with Crippen LogP contribution in [0.1, 0.15) is 32.6 Å². The topological polar surface area (TPSA) is 52.7 Å². The highest BCUT2D eigenvalue weighted by Crippen LogP contribution is 2.23. The maximum Gasteiger partial charge on any atom is 0.238 e. The molecule has 2 aliphatic rings. The maximum absolute atomic E-state index is 12.1. The molecule has 3 rings (SSSR count). The normalized spacial score (nSPS) is 20.0. The lowest BCUT2D eigenvalue weighted by Crippen LogP contribution is -2.38. The number of nitrogens with zero attached hydrogens (tertiary/aromatic N) is 2. The first-order valence-corrected chi connectivity index (χ1v) is 8.54. The molecule has 0 atom stereocenters. The van der Waals surface area contributed by atoms with Crippen molar-refractivity contribution in [3.8, 4) is 0 Å². The summed E-state index contributed by atoms with van der Waals surface area (Å²) >= 11 is 0. The van der Waals surface area contributed by atoms with Crippen molar-refractivity contribution in [1.82, 2.24) is 4.90 Å². The van der Waals surface area contributed by atoms with E-state index in [0.717, 1.165) is 43.3 Å². The number of anilines is 2. The number of benzene rings is 1. The largest absolute Gasteiger partial charge is 0.325 e. The number of carbonyl (C=O) groups excluding carboxylic acids is 2. The van der Waals surface area contributed by atoms with Crippen LogP contribution in [0.5, 0.6) is 0 Å². The number of hydrogen-bond acceptors (Lipinski definition) is 3. The van der Waals surface area contributed by atoms with Gasteiger partial charge in [-0.3, -0.25) is 14.5 Å². The minimum Gasteiger partial charge on any atom is -0.325 e. The molecule has 0 bridgehead atoms. The first kappa shape index (κ1) is 16.0. The first-order valence-electron chi connectivity index (χ1n) is 8.54. The Balaban J connectivity index is 1.51. The molecule has 2 saturated heterocycles. The van der Waals surface area contributed by atoms with Gasteiger partial charge >= 0.3 is 0 Å². The third-order valence-electron chi connectivity index (χ3n) is 4.78. The molecule has 2 fully saturated rings. The monoisotopic (exact) mass is 315 g/mol. The van der Waals surface area contributed by atoms with Crippen LogP contribution in [0, 0.1) is 5.92 Å². The van der Waals surface area contributed by atoms with Gasteiger partial charge in [-0.25, -0.2) is 0 Å². The second kappa shape index (κ2) is 7.13. The molecule has 0 saturated carbocycles. The fourth-order valence-electron chi connectivity index (χ4n) is 3.27. The highest BCUT2D eigenvalue weighted by Gasteiger charge is 2.21. The maximum atomic E-state index is 12.1. The molecule has 1 N–H and O–H groups in total. The van der Waals surface area contributed by atoms with Gasteiger partial charge in [0.2, 0.25) is 11.8 Å². The summed E-state index contributed by atoms with van der Waals surface area (Å²) in [4.78, 5) is 27.9. The molecule has 0 radical (unpaired) electrons. The predicted octanol–water partition coefficient (Wildman–Crippen LogP) is 2.48. The lowest BCUT2D eigenvalue weighted by molar-refractivity contribution is -0.118. The fourth-order valence-corrected chi connectivity index (χ4v) is 3.27. The van der Waals surface area contributed by atoms with Gasteiger partial charge in [0.15, 0.2) is 0 Å². The van der Waals surface area contributed by atoms with Gasteiger partial charge < -0.3 is 10.2 Å². The summed E-state index contributed by atoms with van der Waals surface area (Å²) < 4.78 is 0. The van der Waals surface area contributed by atoms with E-state index in [1.54, 1.807) is 4.90 Å². The standard InChI is InChI=1S/C18H25N3O2/c1-14-8-11-20(12-9-14)13-17(22)19-15-4-6-16(7-5-15)21-10-2-3-18(21)23/h4-7,14H,2-3,8-13H2,1H3,(H,19,22). The van der Waals surface area contributed by atoms with Crippen LogP contribution < -0.4 is 10.2 Å². The molecule has 2 amide bonds. The molecule has 5 nitrogen and oxygen atoms in total. The summed E-state index contributed by atoms with van der Waals surface area (Å²) in [6, 6.07) is 7.55. The van der Waals surface area contributed by atoms with Crippen molar-refractivity contribution in [1.29, 1.82) is 0 Å². The number of piperidine rings is 1. The zero-order valence-electron chi connectivity index (χ0n) is 13.8. The predicted molar refractivity (Wildman–Crippen MR) is 91.5 cm³/mol. The Hall–Kier alpha value is -1.88. The van der Waals surface area contributed by atoms with Crippen LogP contribution in [0.3, 0.4) is 0 Å². The molecule has 5 heteroatoms. The second-order valence-electron chi connectivity index (χ2n) is 6.70. The average Bonchev–Trinajstić information content (AvgIpc) is 2.96. The van der Waals surface area contributed by atoms with Crippen LogP contribution in [0.25, 0.3) is 0 Å². The smallest absolute Gasteiger partial charge is 0.238 e. The van der Waals surface area contributed by atoms with Gasteiger partial charge in [-0.2, -0.15) is 0 Å². The highest BCUT2D eigenvalue weighted by molar-refractivity contribution is 5.96. The Morgan fingerprint density at radius 3 is 2.48 bits per heavy atom. The van der Waals surface area contributed by atoms with Gasteiger partial charge in [0, 0.05) is 24.3 Å². The molecule has 2 heterocycles. The third-order valence-corrected chi connectivity index (χ3v) is 4.78. The Bertz CT molecular complexity index is 562. The zero-order chi connectivity index (χ0) is 16.2. The zero-order valence-corrected chi connectivity index (χ0v) is 13.8. The highest BCUT2D eigenvalue weighted by atomic mass is 16.2. The molecule has 23 heavy (non-hydrogen) atoms. The SMILES string of the molecule is CC1CCN(CC(=O)Nc2ccc(N3CCCC3=O)cc2)CC1. The number of nitrogens with one attached hydrogen (secondary N) is 1. The van der Waals surface area contributed by atoms with Gasteiger partial charge in [-0.1, -0.05) is 6.92 Å². The van der Waals surface area contributed by atoms with E-state index in [1.165, 1.54) is 12.8 Å². The molecule has 0 unspecified atom stereocenters. The van der Waals surface area contributed by atoms with Crippen molar-refractivity contribution in [3.63, 3.8) is 0 Å². The Morgan fingerprint density at radius 2 is 1.87 bits per heavy atom. The average molecular weight is 315 g/mol. The van der Waals surface area contributed by atoms with Crippen molar-refractivity contribution in [2.24, 2.45) is 5.92 Å². The molecule has 124 valence electrons. The van der Waals surface area contributed by atoms with E-state index in [-0.39, 0.29) is 11.8 Å². The van der Waals surface area contributed by atoms with Crippen molar-refractivity contribution >= 4 is 23.2 Å². The molecule has 1 aromatic carbocycles. The van der Waals surface area contributed by atoms with Crippen molar-refractivity contribution in [2.75, 3.05) is 36.4 Å². The second-order valence-corrected chi connectivity index (χ2v) is 6.70. The van der Waals surface area contributed by atoms with E-state index in [0.29, 0.717) is 13.0 Å². The fraction of sp³-hybridized carbons (Fsp3) is 0.556. The molecule has 0 spiro atoms. The van der Waals surface area contributed by atoms with Crippen molar-refractivity contribution in [3.05, 3.63) is 24.3 Å². The van der Waals surface area contributed by atoms with E-state index in [2.05, 4.69) is 17.1 Å². The van der Waals surface area contributed by atoms with Crippen LogP contribution in [0.2, 0.25) is 0 Å². The quantitative estimate of drug-likeness (QED) is 0.929. The van der Waals surface area contributed by atoms with E-state index < -0.39 is 0 Å². The van der Waals surface area contributed by atoms with Gasteiger partial charge in [0.25, 0.3) is 0 Å². The minimum atomic E-state index is 0.0320. The molecule has 1 aromatic rings. The molecule has 0 aromatic heterocycles. The van der Waals surface area contributed by atoms with Crippen molar-refractivity contribution < 1.29 is 9.59 Å². The lowest BCUT2D eigenvalue weighted by Gasteiger charge is -2.29. The summed E-state index contributed by atoms with van der Waals surface area (Å²) in [7, 11) is 0. The first-order chi connectivity index (χ1) is 11.1. The molecular formula is C18H25N3O2. The Kier molecular flexibility index (Phi) is 4.96.